The van der Waals surface area contributed by atoms with Gasteiger partial charge in [-0.1, -0.05) is 25.4 Å². The van der Waals surface area contributed by atoms with Crippen molar-refractivity contribution in [2.75, 3.05) is 6.61 Å². The van der Waals surface area contributed by atoms with Crippen LogP contribution in [-0.2, 0) is 4.84 Å². The molecule has 15 heavy (non-hydrogen) atoms. The Morgan fingerprint density at radius 3 is 2.87 bits per heavy atom. The number of rotatable bonds is 4. The maximum atomic E-state index is 11.4. The number of halogens is 1. The monoisotopic (exact) mass is 228 g/mol. The molecule has 0 aliphatic heterocycles. The molecule has 82 valence electrons. The summed E-state index contributed by atoms with van der Waals surface area (Å²) in [6.07, 6.45) is 1.42. The number of carbonyl (C=O) groups excluding carboxylic acids is 1. The van der Waals surface area contributed by atoms with Crippen LogP contribution in [0, 0.1) is 5.92 Å². The lowest BCUT2D eigenvalue weighted by Crippen LogP contribution is -2.26. The molecule has 0 saturated heterocycles. The first kappa shape index (κ1) is 11.9. The molecule has 0 radical (unpaired) electrons. The number of carbonyl (C=O) groups is 1. The number of amides is 1. The molecule has 1 amide bonds. The van der Waals surface area contributed by atoms with Crippen molar-refractivity contribution >= 4 is 17.5 Å². The van der Waals surface area contributed by atoms with Crippen molar-refractivity contribution in [1.82, 2.24) is 10.5 Å². The molecule has 1 N–H and O–H groups in total. The molecule has 5 heteroatoms. The molecule has 0 bridgehead atoms. The number of nitrogens with zero attached hydrogens (tertiary/aromatic N) is 1. The second-order valence-corrected chi connectivity index (χ2v) is 3.93. The quantitative estimate of drug-likeness (QED) is 0.803. The summed E-state index contributed by atoms with van der Waals surface area (Å²) < 4.78 is 0. The average Bonchev–Trinajstić information content (AvgIpc) is 2.18. The molecule has 0 saturated carbocycles. The van der Waals surface area contributed by atoms with Gasteiger partial charge in [0.05, 0.1) is 11.6 Å². The fraction of sp³-hybridized carbons (Fsp3) is 0.400. The van der Waals surface area contributed by atoms with Crippen LogP contribution < -0.4 is 5.48 Å². The van der Waals surface area contributed by atoms with Crippen molar-refractivity contribution in [2.24, 2.45) is 5.92 Å². The molecule has 0 fully saturated rings. The maximum Gasteiger partial charge on any atom is 0.293 e. The zero-order valence-electron chi connectivity index (χ0n) is 8.66. The van der Waals surface area contributed by atoms with Gasteiger partial charge in [0.15, 0.2) is 0 Å². The maximum absolute atomic E-state index is 11.4. The minimum atomic E-state index is -0.368. The highest BCUT2D eigenvalue weighted by Gasteiger charge is 2.06. The van der Waals surface area contributed by atoms with Gasteiger partial charge in [-0.25, -0.2) is 10.5 Å². The minimum absolute atomic E-state index is 0.281. The third-order valence-corrected chi connectivity index (χ3v) is 1.77. The molecule has 0 aromatic carbocycles. The normalized spacial score (nSPS) is 10.4. The van der Waals surface area contributed by atoms with Crippen molar-refractivity contribution in [3.8, 4) is 0 Å². The van der Waals surface area contributed by atoms with Gasteiger partial charge in [0.25, 0.3) is 5.91 Å². The number of pyridine rings is 1. The molecule has 1 aromatic rings. The molecule has 0 spiro atoms. The minimum Gasteiger partial charge on any atom is -0.273 e. The van der Waals surface area contributed by atoms with Gasteiger partial charge in [-0.2, -0.15) is 0 Å². The standard InChI is InChI=1S/C10H13ClN2O2/c1-7(2)6-15-13-10(14)9-4-3-8(11)5-12-9/h3-5,7H,6H2,1-2H3,(H,13,14). The zero-order valence-corrected chi connectivity index (χ0v) is 9.41. The number of aromatic nitrogens is 1. The van der Waals surface area contributed by atoms with Crippen LogP contribution >= 0.6 is 11.6 Å². The first-order valence-corrected chi connectivity index (χ1v) is 5.01. The van der Waals surface area contributed by atoms with Gasteiger partial charge in [0.2, 0.25) is 0 Å². The molecule has 1 aromatic heterocycles. The van der Waals surface area contributed by atoms with Crippen LogP contribution in [0.1, 0.15) is 24.3 Å². The fourth-order valence-corrected chi connectivity index (χ4v) is 0.948. The first-order chi connectivity index (χ1) is 7.09. The summed E-state index contributed by atoms with van der Waals surface area (Å²) in [6.45, 7) is 4.46. The van der Waals surface area contributed by atoms with Crippen LogP contribution in [-0.4, -0.2) is 17.5 Å². The van der Waals surface area contributed by atoms with Crippen LogP contribution in [0.25, 0.3) is 0 Å². The fourth-order valence-electron chi connectivity index (χ4n) is 0.836. The smallest absolute Gasteiger partial charge is 0.273 e. The highest BCUT2D eigenvalue weighted by molar-refractivity contribution is 6.30. The number of hydrogen-bond donors (Lipinski definition) is 1. The Hall–Kier alpha value is -1.13. The van der Waals surface area contributed by atoms with Crippen LogP contribution in [0.3, 0.4) is 0 Å². The SMILES string of the molecule is CC(C)CONC(=O)c1ccc(Cl)cn1. The van der Waals surface area contributed by atoms with Crippen molar-refractivity contribution in [1.29, 1.82) is 0 Å². The van der Waals surface area contributed by atoms with E-state index in [-0.39, 0.29) is 11.6 Å². The Balaban J connectivity index is 2.43. The predicted octanol–water partition coefficient (Wildman–Crippen LogP) is 2.05. The Kier molecular flexibility index (Phi) is 4.52. The lowest BCUT2D eigenvalue weighted by atomic mass is 10.2. The Labute approximate surface area is 93.6 Å². The van der Waals surface area contributed by atoms with Crippen molar-refractivity contribution in [2.45, 2.75) is 13.8 Å². The number of nitrogens with one attached hydrogen (secondary N) is 1. The Bertz CT molecular complexity index is 325. The van der Waals surface area contributed by atoms with E-state index < -0.39 is 0 Å². The van der Waals surface area contributed by atoms with E-state index in [1.54, 1.807) is 6.07 Å². The Morgan fingerprint density at radius 2 is 2.33 bits per heavy atom. The molecule has 4 nitrogen and oxygen atoms in total. The van der Waals surface area contributed by atoms with Gasteiger partial charge in [-0.05, 0) is 18.1 Å². The van der Waals surface area contributed by atoms with E-state index in [4.69, 9.17) is 16.4 Å². The van der Waals surface area contributed by atoms with E-state index in [9.17, 15) is 4.79 Å². The van der Waals surface area contributed by atoms with Gasteiger partial charge in [0, 0.05) is 6.20 Å². The van der Waals surface area contributed by atoms with Crippen LogP contribution in [0.15, 0.2) is 18.3 Å². The van der Waals surface area contributed by atoms with Crippen LogP contribution in [0.4, 0.5) is 0 Å². The number of hydroxylamine groups is 1. The summed E-state index contributed by atoms with van der Waals surface area (Å²) in [5.74, 6) is -0.00389. The second kappa shape index (κ2) is 5.68. The summed E-state index contributed by atoms with van der Waals surface area (Å²) in [5.41, 5.74) is 2.59. The van der Waals surface area contributed by atoms with Gasteiger partial charge in [-0.15, -0.1) is 0 Å². The molecular formula is C10H13ClN2O2. The van der Waals surface area contributed by atoms with Gasteiger partial charge in [-0.3, -0.25) is 9.63 Å². The molecular weight excluding hydrogens is 216 g/mol. The van der Waals surface area contributed by atoms with E-state index in [0.29, 0.717) is 17.5 Å². The summed E-state index contributed by atoms with van der Waals surface area (Å²) in [6, 6.07) is 3.14. The Morgan fingerprint density at radius 1 is 1.60 bits per heavy atom. The third-order valence-electron chi connectivity index (χ3n) is 1.54. The molecule has 0 aliphatic rings. The third kappa shape index (κ3) is 4.27. The molecule has 1 heterocycles. The van der Waals surface area contributed by atoms with Crippen molar-refractivity contribution in [3.05, 3.63) is 29.0 Å². The second-order valence-electron chi connectivity index (χ2n) is 3.50. The van der Waals surface area contributed by atoms with E-state index in [2.05, 4.69) is 10.5 Å². The highest BCUT2D eigenvalue weighted by Crippen LogP contribution is 2.05. The van der Waals surface area contributed by atoms with E-state index >= 15 is 0 Å². The largest absolute Gasteiger partial charge is 0.293 e. The first-order valence-electron chi connectivity index (χ1n) is 4.63. The van der Waals surface area contributed by atoms with Crippen LogP contribution in [0.5, 0.6) is 0 Å². The molecule has 0 aliphatic carbocycles. The zero-order chi connectivity index (χ0) is 11.3. The van der Waals surface area contributed by atoms with Crippen molar-refractivity contribution in [3.63, 3.8) is 0 Å². The van der Waals surface area contributed by atoms with Crippen molar-refractivity contribution < 1.29 is 9.63 Å². The molecule has 1 rings (SSSR count). The molecule has 0 atom stereocenters. The molecule has 0 unspecified atom stereocenters. The topological polar surface area (TPSA) is 51.2 Å². The predicted molar refractivity (Wildman–Crippen MR) is 57.5 cm³/mol. The highest BCUT2D eigenvalue weighted by atomic mass is 35.5. The average molecular weight is 229 g/mol. The van der Waals surface area contributed by atoms with Crippen LogP contribution in [0.2, 0.25) is 5.02 Å². The van der Waals surface area contributed by atoms with E-state index in [1.807, 2.05) is 13.8 Å². The summed E-state index contributed by atoms with van der Waals surface area (Å²) in [4.78, 5) is 20.2. The lowest BCUT2D eigenvalue weighted by Gasteiger charge is -2.07. The van der Waals surface area contributed by atoms with Gasteiger partial charge >= 0.3 is 0 Å². The summed E-state index contributed by atoms with van der Waals surface area (Å²) in [5, 5.41) is 0.495. The number of hydrogen-bond acceptors (Lipinski definition) is 3. The summed E-state index contributed by atoms with van der Waals surface area (Å²) >= 11 is 5.64. The van der Waals surface area contributed by atoms with E-state index in [1.165, 1.54) is 12.3 Å². The van der Waals surface area contributed by atoms with E-state index in [0.717, 1.165) is 0 Å². The van der Waals surface area contributed by atoms with Gasteiger partial charge in [0.1, 0.15) is 5.69 Å². The van der Waals surface area contributed by atoms with Gasteiger partial charge < -0.3 is 0 Å². The lowest BCUT2D eigenvalue weighted by molar-refractivity contribution is 0.0205. The summed E-state index contributed by atoms with van der Waals surface area (Å²) in [7, 11) is 0.